The van der Waals surface area contributed by atoms with Gasteiger partial charge in [0.05, 0.1) is 11.7 Å². The zero-order valence-electron chi connectivity index (χ0n) is 14.1. The van der Waals surface area contributed by atoms with E-state index in [1.165, 1.54) is 20.0 Å². The maximum absolute atomic E-state index is 12.1. The number of aliphatic hydroxyl groups excluding tert-OH is 1. The van der Waals surface area contributed by atoms with Gasteiger partial charge in [-0.15, -0.1) is 0 Å². The first kappa shape index (κ1) is 20.3. The largest absolute Gasteiger partial charge is 0.463 e. The number of hydrogen-bond donors (Lipinski definition) is 2. The van der Waals surface area contributed by atoms with Crippen LogP contribution in [-0.4, -0.2) is 50.7 Å². The molecule has 0 saturated carbocycles. The van der Waals surface area contributed by atoms with Gasteiger partial charge in [0.15, 0.2) is 0 Å². The van der Waals surface area contributed by atoms with Crippen molar-refractivity contribution in [2.75, 3.05) is 11.9 Å². The van der Waals surface area contributed by atoms with Crippen LogP contribution in [0.4, 0.5) is 0 Å². The lowest BCUT2D eigenvalue weighted by molar-refractivity contribution is -0.155. The zero-order valence-corrected chi connectivity index (χ0v) is 15.7. The molecule has 0 bridgehead atoms. The first-order valence-electron chi connectivity index (χ1n) is 7.78. The van der Waals surface area contributed by atoms with Gasteiger partial charge in [0.1, 0.15) is 25.0 Å². The van der Waals surface area contributed by atoms with E-state index >= 15 is 0 Å². The Morgan fingerprint density at radius 1 is 1.42 bits per heavy atom. The molecule has 144 valence electrons. The van der Waals surface area contributed by atoms with E-state index in [-0.39, 0.29) is 23.9 Å². The van der Waals surface area contributed by atoms with Gasteiger partial charge < -0.3 is 19.3 Å². The number of halogens is 1. The summed E-state index contributed by atoms with van der Waals surface area (Å²) in [7, 11) is 0. The average molecular weight is 435 g/mol. The molecule has 26 heavy (non-hydrogen) atoms. The van der Waals surface area contributed by atoms with Gasteiger partial charge in [0, 0.05) is 31.8 Å². The normalized spacial score (nSPS) is 23.5. The third-order valence-corrected chi connectivity index (χ3v) is 4.37. The minimum Gasteiger partial charge on any atom is -0.463 e. The standard InChI is InChI=1S/C15H19BrN2O8/c1-7(19)24-6-12-11(25-8(2)20)3-13(26-12)18-5-9(10(21)4-16)14(22)17-15(18)23/h5,10-13,21H,3-4,6H2,1-2H3,(H,17,22,23)/t10?,11-,12+,13+/m0/s1. The summed E-state index contributed by atoms with van der Waals surface area (Å²) < 4.78 is 16.9. The van der Waals surface area contributed by atoms with Gasteiger partial charge in [-0.05, 0) is 0 Å². The number of nitrogens with one attached hydrogen (secondary N) is 1. The Balaban J connectivity index is 2.30. The number of alkyl halides is 1. The van der Waals surface area contributed by atoms with E-state index in [0.717, 1.165) is 4.57 Å². The number of hydrogen-bond acceptors (Lipinski definition) is 8. The zero-order chi connectivity index (χ0) is 19.4. The molecule has 1 saturated heterocycles. The minimum absolute atomic E-state index is 0.0162. The smallest absolute Gasteiger partial charge is 0.330 e. The Morgan fingerprint density at radius 2 is 2.12 bits per heavy atom. The van der Waals surface area contributed by atoms with E-state index in [1.54, 1.807) is 0 Å². The summed E-state index contributed by atoms with van der Waals surface area (Å²) in [6.45, 7) is 2.30. The van der Waals surface area contributed by atoms with Crippen molar-refractivity contribution in [2.45, 2.75) is 44.8 Å². The van der Waals surface area contributed by atoms with Crippen LogP contribution < -0.4 is 11.2 Å². The van der Waals surface area contributed by atoms with Crippen molar-refractivity contribution in [3.05, 3.63) is 32.6 Å². The van der Waals surface area contributed by atoms with Crippen LogP contribution in [0, 0.1) is 0 Å². The Bertz CT molecular complexity index is 789. The van der Waals surface area contributed by atoms with Crippen molar-refractivity contribution in [1.29, 1.82) is 0 Å². The summed E-state index contributed by atoms with van der Waals surface area (Å²) >= 11 is 3.07. The first-order valence-corrected chi connectivity index (χ1v) is 8.90. The number of aliphatic hydroxyl groups is 1. The average Bonchev–Trinajstić information content (AvgIpc) is 2.94. The summed E-state index contributed by atoms with van der Waals surface area (Å²) in [6.07, 6.45) is -2.17. The van der Waals surface area contributed by atoms with Gasteiger partial charge in [-0.25, -0.2) is 4.79 Å². The maximum Gasteiger partial charge on any atom is 0.330 e. The molecule has 2 rings (SSSR count). The molecule has 2 heterocycles. The van der Waals surface area contributed by atoms with Gasteiger partial charge in [0.2, 0.25) is 0 Å². The predicted molar refractivity (Wildman–Crippen MR) is 90.8 cm³/mol. The summed E-state index contributed by atoms with van der Waals surface area (Å²) in [5.41, 5.74) is -1.46. The van der Waals surface area contributed by atoms with Crippen LogP contribution in [0.3, 0.4) is 0 Å². The molecule has 10 nitrogen and oxygen atoms in total. The van der Waals surface area contributed by atoms with E-state index in [1.807, 2.05) is 0 Å². The van der Waals surface area contributed by atoms with Gasteiger partial charge >= 0.3 is 17.6 Å². The van der Waals surface area contributed by atoms with Crippen molar-refractivity contribution in [1.82, 2.24) is 9.55 Å². The Morgan fingerprint density at radius 3 is 2.69 bits per heavy atom. The topological polar surface area (TPSA) is 137 Å². The van der Waals surface area contributed by atoms with Crippen LogP contribution in [0.1, 0.15) is 38.2 Å². The Hall–Kier alpha value is -1.98. The van der Waals surface area contributed by atoms with Crippen LogP contribution in [0.5, 0.6) is 0 Å². The molecule has 1 aromatic heterocycles. The molecule has 0 amide bonds. The second kappa shape index (κ2) is 8.60. The van der Waals surface area contributed by atoms with E-state index in [4.69, 9.17) is 14.2 Å². The molecule has 0 aliphatic carbocycles. The fourth-order valence-electron chi connectivity index (χ4n) is 2.59. The monoisotopic (exact) mass is 434 g/mol. The molecule has 0 aromatic carbocycles. The Labute approximate surface area is 156 Å². The van der Waals surface area contributed by atoms with Crippen LogP contribution in [0.15, 0.2) is 15.8 Å². The molecule has 0 radical (unpaired) electrons. The summed E-state index contributed by atoms with van der Waals surface area (Å²) in [5.74, 6) is -1.07. The lowest BCUT2D eigenvalue weighted by atomic mass is 10.2. The number of esters is 2. The van der Waals surface area contributed by atoms with Crippen LogP contribution >= 0.6 is 15.9 Å². The summed E-state index contributed by atoms with van der Waals surface area (Å²) in [5, 5.41) is 9.99. The summed E-state index contributed by atoms with van der Waals surface area (Å²) in [6, 6.07) is 0. The SMILES string of the molecule is CC(=O)OC[C@H]1O[C@@H](n2cc(C(O)CBr)c(=O)[nH]c2=O)C[C@@H]1OC(C)=O. The molecule has 0 spiro atoms. The van der Waals surface area contributed by atoms with Crippen LogP contribution in [-0.2, 0) is 23.8 Å². The van der Waals surface area contributed by atoms with Crippen LogP contribution in [0.2, 0.25) is 0 Å². The molecule has 2 N–H and O–H groups in total. The van der Waals surface area contributed by atoms with Crippen molar-refractivity contribution in [3.8, 4) is 0 Å². The summed E-state index contributed by atoms with van der Waals surface area (Å²) in [4.78, 5) is 48.4. The molecule has 1 fully saturated rings. The molecule has 11 heteroatoms. The molecule has 4 atom stereocenters. The predicted octanol–water partition coefficient (Wildman–Crippen LogP) is -0.253. The third kappa shape index (κ3) is 4.80. The number of H-pyrrole nitrogens is 1. The highest BCUT2D eigenvalue weighted by Gasteiger charge is 2.39. The molecular weight excluding hydrogens is 416 g/mol. The molecular formula is C15H19BrN2O8. The number of ether oxygens (including phenoxy) is 3. The fourth-order valence-corrected chi connectivity index (χ4v) is 2.94. The number of rotatable bonds is 6. The van der Waals surface area contributed by atoms with Gasteiger partial charge in [0.25, 0.3) is 5.56 Å². The highest BCUT2D eigenvalue weighted by Crippen LogP contribution is 2.30. The van der Waals surface area contributed by atoms with Crippen molar-refractivity contribution in [3.63, 3.8) is 0 Å². The molecule has 1 aromatic rings. The second-order valence-electron chi connectivity index (χ2n) is 5.74. The third-order valence-electron chi connectivity index (χ3n) is 3.76. The number of carbonyl (C=O) groups excluding carboxylic acids is 2. The quantitative estimate of drug-likeness (QED) is 0.461. The van der Waals surface area contributed by atoms with E-state index in [9.17, 15) is 24.3 Å². The van der Waals surface area contributed by atoms with Gasteiger partial charge in [-0.1, -0.05) is 15.9 Å². The van der Waals surface area contributed by atoms with Gasteiger partial charge in [-0.3, -0.25) is 23.9 Å². The lowest BCUT2D eigenvalue weighted by Gasteiger charge is -2.18. The van der Waals surface area contributed by atoms with E-state index in [2.05, 4.69) is 20.9 Å². The Kier molecular flexibility index (Phi) is 6.73. The number of aromatic nitrogens is 2. The highest BCUT2D eigenvalue weighted by molar-refractivity contribution is 9.09. The maximum atomic E-state index is 12.1. The highest BCUT2D eigenvalue weighted by atomic mass is 79.9. The molecule has 1 aliphatic heterocycles. The van der Waals surface area contributed by atoms with Gasteiger partial charge in [-0.2, -0.15) is 0 Å². The van der Waals surface area contributed by atoms with Crippen molar-refractivity contribution in [2.24, 2.45) is 0 Å². The minimum atomic E-state index is -1.12. The van der Waals surface area contributed by atoms with Crippen molar-refractivity contribution >= 4 is 27.9 Å². The first-order chi connectivity index (χ1) is 12.2. The van der Waals surface area contributed by atoms with Crippen molar-refractivity contribution < 1.29 is 28.9 Å². The van der Waals surface area contributed by atoms with Crippen LogP contribution in [0.25, 0.3) is 0 Å². The number of nitrogens with zero attached hydrogens (tertiary/aromatic N) is 1. The molecule has 1 unspecified atom stereocenters. The fraction of sp³-hybridized carbons (Fsp3) is 0.600. The molecule has 1 aliphatic rings. The lowest BCUT2D eigenvalue weighted by Crippen LogP contribution is -2.35. The second-order valence-corrected chi connectivity index (χ2v) is 6.38. The van der Waals surface area contributed by atoms with E-state index < -0.39 is 47.7 Å². The van der Waals surface area contributed by atoms with E-state index in [0.29, 0.717) is 0 Å². The number of aromatic amines is 1. The number of carbonyl (C=O) groups is 2.